The van der Waals surface area contributed by atoms with Crippen molar-refractivity contribution in [2.75, 3.05) is 21.2 Å². The zero-order valence-corrected chi connectivity index (χ0v) is 13.9. The van der Waals surface area contributed by atoms with Crippen molar-refractivity contribution in [1.29, 1.82) is 0 Å². The van der Waals surface area contributed by atoms with Crippen molar-refractivity contribution in [2.24, 2.45) is 0 Å². The Hall–Kier alpha value is -2.38. The van der Waals surface area contributed by atoms with E-state index in [1.165, 1.54) is 36.4 Å². The molecule has 0 unspecified atom stereocenters. The lowest BCUT2D eigenvalue weighted by Crippen LogP contribution is -2.36. The fourth-order valence-corrected chi connectivity index (χ4v) is 3.49. The number of carbonyl (C=O) groups excluding carboxylic acids is 1. The van der Waals surface area contributed by atoms with Gasteiger partial charge in [0.15, 0.2) is 0 Å². The largest absolute Gasteiger partial charge is 0.497 e. The van der Waals surface area contributed by atoms with Gasteiger partial charge in [-0.1, -0.05) is 12.1 Å². The Morgan fingerprint density at radius 2 is 1.65 bits per heavy atom. The van der Waals surface area contributed by atoms with Crippen LogP contribution in [-0.4, -0.2) is 40.5 Å². The molecule has 1 N–H and O–H groups in total. The Bertz CT molecular complexity index is 799. The first-order valence-electron chi connectivity index (χ1n) is 6.82. The Labute approximate surface area is 135 Å². The number of nitrogens with zero attached hydrogens (tertiary/aromatic N) is 1. The maximum atomic E-state index is 12.8. The smallest absolute Gasteiger partial charge is 0.266 e. The Morgan fingerprint density at radius 3 is 2.22 bits per heavy atom. The van der Waals surface area contributed by atoms with Crippen LogP contribution in [0.4, 0.5) is 0 Å². The van der Waals surface area contributed by atoms with Crippen molar-refractivity contribution < 1.29 is 17.9 Å². The molecule has 0 spiro atoms. The number of sulfone groups is 1. The maximum absolute atomic E-state index is 12.8. The maximum Gasteiger partial charge on any atom is 0.266 e. The zero-order chi connectivity index (χ0) is 17.0. The second-order valence-electron chi connectivity index (χ2n) is 5.01. The normalized spacial score (nSPS) is 11.3. The number of methoxy groups -OCH3 is 1. The molecule has 0 aromatic heterocycles. The SMILES string of the molecule is COc1ccc(S(=O)(=O)c2ccccc2C(=O)NN(C)C)cc1. The Kier molecular flexibility index (Phi) is 5.02. The molecular formula is C16H18N2O4S. The van der Waals surface area contributed by atoms with Crippen molar-refractivity contribution in [3.05, 3.63) is 54.1 Å². The third-order valence-electron chi connectivity index (χ3n) is 3.12. The van der Waals surface area contributed by atoms with Gasteiger partial charge < -0.3 is 4.74 Å². The van der Waals surface area contributed by atoms with E-state index >= 15 is 0 Å². The molecule has 0 saturated carbocycles. The van der Waals surface area contributed by atoms with E-state index in [0.29, 0.717) is 5.75 Å². The van der Waals surface area contributed by atoms with Crippen molar-refractivity contribution in [3.8, 4) is 5.75 Å². The molecule has 23 heavy (non-hydrogen) atoms. The molecule has 0 radical (unpaired) electrons. The van der Waals surface area contributed by atoms with Gasteiger partial charge in [-0.05, 0) is 36.4 Å². The number of nitrogens with one attached hydrogen (secondary N) is 1. The molecule has 0 saturated heterocycles. The first kappa shape index (κ1) is 17.0. The van der Waals surface area contributed by atoms with Crippen molar-refractivity contribution >= 4 is 15.7 Å². The number of hydrazine groups is 1. The molecule has 6 nitrogen and oxygen atoms in total. The van der Waals surface area contributed by atoms with Crippen LogP contribution in [0.15, 0.2) is 58.3 Å². The molecule has 0 aliphatic heterocycles. The molecule has 122 valence electrons. The van der Waals surface area contributed by atoms with E-state index in [2.05, 4.69) is 5.43 Å². The summed E-state index contributed by atoms with van der Waals surface area (Å²) in [6, 6.07) is 12.1. The average Bonchev–Trinajstić information content (AvgIpc) is 2.54. The monoisotopic (exact) mass is 334 g/mol. The highest BCUT2D eigenvalue weighted by molar-refractivity contribution is 7.91. The topological polar surface area (TPSA) is 75.7 Å². The minimum Gasteiger partial charge on any atom is -0.497 e. The summed E-state index contributed by atoms with van der Waals surface area (Å²) in [5, 5.41) is 1.46. The Balaban J connectivity index is 2.49. The molecule has 2 aromatic rings. The highest BCUT2D eigenvalue weighted by Gasteiger charge is 2.24. The number of benzene rings is 2. The lowest BCUT2D eigenvalue weighted by molar-refractivity contribution is 0.0853. The molecule has 0 aliphatic rings. The molecule has 0 aliphatic carbocycles. The van der Waals surface area contributed by atoms with Crippen LogP contribution in [0.5, 0.6) is 5.75 Å². The minimum atomic E-state index is -3.81. The van der Waals surface area contributed by atoms with Crippen molar-refractivity contribution in [1.82, 2.24) is 10.4 Å². The predicted molar refractivity (Wildman–Crippen MR) is 86.0 cm³/mol. The second-order valence-corrected chi connectivity index (χ2v) is 6.93. The highest BCUT2D eigenvalue weighted by atomic mass is 32.2. The summed E-state index contributed by atoms with van der Waals surface area (Å²) < 4.78 is 30.6. The lowest BCUT2D eigenvalue weighted by Gasteiger charge is -2.14. The van der Waals surface area contributed by atoms with E-state index in [4.69, 9.17) is 4.74 Å². The predicted octanol–water partition coefficient (Wildman–Crippen LogP) is 1.73. The van der Waals surface area contributed by atoms with Crippen molar-refractivity contribution in [2.45, 2.75) is 9.79 Å². The summed E-state index contributed by atoms with van der Waals surface area (Å²) in [5.41, 5.74) is 2.65. The van der Waals surface area contributed by atoms with Crippen LogP contribution in [0, 0.1) is 0 Å². The number of ether oxygens (including phenoxy) is 1. The van der Waals surface area contributed by atoms with E-state index in [0.717, 1.165) is 0 Å². The van der Waals surface area contributed by atoms with Gasteiger partial charge in [-0.2, -0.15) is 0 Å². The van der Waals surface area contributed by atoms with Crippen LogP contribution in [0.3, 0.4) is 0 Å². The molecule has 0 fully saturated rings. The van der Waals surface area contributed by atoms with E-state index in [-0.39, 0.29) is 15.4 Å². The van der Waals surface area contributed by atoms with Crippen LogP contribution >= 0.6 is 0 Å². The lowest BCUT2D eigenvalue weighted by atomic mass is 10.2. The molecule has 2 rings (SSSR count). The fraction of sp³-hybridized carbons (Fsp3) is 0.188. The zero-order valence-electron chi connectivity index (χ0n) is 13.1. The van der Waals surface area contributed by atoms with E-state index in [9.17, 15) is 13.2 Å². The third kappa shape index (κ3) is 3.69. The van der Waals surface area contributed by atoms with Crippen LogP contribution in [-0.2, 0) is 9.84 Å². The molecule has 0 bridgehead atoms. The number of rotatable bonds is 5. The van der Waals surface area contributed by atoms with E-state index < -0.39 is 15.7 Å². The van der Waals surface area contributed by atoms with Crippen molar-refractivity contribution in [3.63, 3.8) is 0 Å². The number of carbonyl (C=O) groups is 1. The molecular weight excluding hydrogens is 316 g/mol. The minimum absolute atomic E-state index is 0.0375. The summed E-state index contributed by atoms with van der Waals surface area (Å²) in [5.74, 6) is 0.0743. The Morgan fingerprint density at radius 1 is 1.04 bits per heavy atom. The van der Waals surface area contributed by atoms with Gasteiger partial charge in [-0.25, -0.2) is 13.4 Å². The van der Waals surface area contributed by atoms with Gasteiger partial charge in [-0.15, -0.1) is 0 Å². The second kappa shape index (κ2) is 6.80. The van der Waals surface area contributed by atoms with Gasteiger partial charge in [0.2, 0.25) is 9.84 Å². The van der Waals surface area contributed by atoms with E-state index in [1.54, 1.807) is 38.4 Å². The molecule has 0 atom stereocenters. The summed E-state index contributed by atoms with van der Waals surface area (Å²) in [4.78, 5) is 12.3. The summed E-state index contributed by atoms with van der Waals surface area (Å²) in [6.45, 7) is 0. The van der Waals surface area contributed by atoms with Gasteiger partial charge in [-0.3, -0.25) is 10.2 Å². The third-order valence-corrected chi connectivity index (χ3v) is 4.94. The van der Waals surface area contributed by atoms with E-state index in [1.807, 2.05) is 0 Å². The molecule has 0 heterocycles. The first-order chi connectivity index (χ1) is 10.9. The average molecular weight is 334 g/mol. The summed E-state index contributed by atoms with van der Waals surface area (Å²) >= 11 is 0. The standard InChI is InChI=1S/C16H18N2O4S/c1-18(2)17-16(19)14-6-4-5-7-15(14)23(20,21)13-10-8-12(22-3)9-11-13/h4-11H,1-3H3,(H,17,19). The quantitative estimate of drug-likeness (QED) is 0.843. The van der Waals surface area contributed by atoms with Gasteiger partial charge in [0.1, 0.15) is 5.75 Å². The summed E-state index contributed by atoms with van der Waals surface area (Å²) in [7, 11) is 0.997. The van der Waals surface area contributed by atoms with Gasteiger partial charge in [0.25, 0.3) is 5.91 Å². The molecule has 7 heteroatoms. The number of hydrogen-bond acceptors (Lipinski definition) is 5. The van der Waals surface area contributed by atoms with Crippen LogP contribution in [0.2, 0.25) is 0 Å². The summed E-state index contributed by atoms with van der Waals surface area (Å²) in [6.07, 6.45) is 0. The molecule has 1 amide bonds. The fourth-order valence-electron chi connectivity index (χ4n) is 2.03. The van der Waals surface area contributed by atoms with Gasteiger partial charge >= 0.3 is 0 Å². The van der Waals surface area contributed by atoms with Crippen LogP contribution in [0.25, 0.3) is 0 Å². The number of hydrogen-bond donors (Lipinski definition) is 1. The number of amides is 1. The van der Waals surface area contributed by atoms with Crippen LogP contribution in [0.1, 0.15) is 10.4 Å². The first-order valence-corrected chi connectivity index (χ1v) is 8.31. The van der Waals surface area contributed by atoms with Gasteiger partial charge in [0.05, 0.1) is 22.5 Å². The molecule has 2 aromatic carbocycles. The van der Waals surface area contributed by atoms with Crippen LogP contribution < -0.4 is 10.2 Å². The highest BCUT2D eigenvalue weighted by Crippen LogP contribution is 2.25. The van der Waals surface area contributed by atoms with Gasteiger partial charge in [0, 0.05) is 14.1 Å².